The van der Waals surface area contributed by atoms with Crippen molar-refractivity contribution >= 4 is 23.2 Å². The topological polar surface area (TPSA) is 67.4 Å². The smallest absolute Gasteiger partial charge is 0.227 e. The van der Waals surface area contributed by atoms with Crippen LogP contribution in [-0.2, 0) is 16.0 Å². The molecular formula is C24H30N2O3. The van der Waals surface area contributed by atoms with Gasteiger partial charge in [0.1, 0.15) is 5.75 Å². The van der Waals surface area contributed by atoms with Crippen molar-refractivity contribution in [3.63, 3.8) is 0 Å². The molecule has 1 fully saturated rings. The second kappa shape index (κ2) is 10.1. The Bertz CT molecular complexity index is 807. The number of aryl methyl sites for hydroxylation is 1. The first-order valence-electron chi connectivity index (χ1n) is 10.5. The summed E-state index contributed by atoms with van der Waals surface area (Å²) in [5.74, 6) is 0.800. The van der Waals surface area contributed by atoms with Crippen LogP contribution in [0.1, 0.15) is 45.1 Å². The fourth-order valence-corrected chi connectivity index (χ4v) is 3.73. The molecule has 2 N–H and O–H groups in total. The van der Waals surface area contributed by atoms with E-state index in [4.69, 9.17) is 4.74 Å². The van der Waals surface area contributed by atoms with Crippen molar-refractivity contribution in [3.8, 4) is 5.75 Å². The minimum atomic E-state index is -0.0468. The quantitative estimate of drug-likeness (QED) is 0.692. The van der Waals surface area contributed by atoms with Crippen molar-refractivity contribution in [1.29, 1.82) is 0 Å². The van der Waals surface area contributed by atoms with Crippen molar-refractivity contribution in [2.24, 2.45) is 11.8 Å². The van der Waals surface area contributed by atoms with Gasteiger partial charge in [0.15, 0.2) is 0 Å². The maximum atomic E-state index is 12.6. The Hall–Kier alpha value is -2.82. The maximum Gasteiger partial charge on any atom is 0.227 e. The highest BCUT2D eigenvalue weighted by Crippen LogP contribution is 2.31. The Morgan fingerprint density at radius 2 is 1.24 bits per heavy atom. The molecule has 0 unspecified atom stereocenters. The van der Waals surface area contributed by atoms with E-state index in [0.717, 1.165) is 49.2 Å². The lowest BCUT2D eigenvalue weighted by atomic mass is 9.81. The van der Waals surface area contributed by atoms with Crippen LogP contribution in [0.25, 0.3) is 0 Å². The number of hydrogen-bond acceptors (Lipinski definition) is 3. The van der Waals surface area contributed by atoms with Crippen LogP contribution in [0.2, 0.25) is 0 Å². The van der Waals surface area contributed by atoms with Gasteiger partial charge in [0.05, 0.1) is 6.61 Å². The highest BCUT2D eigenvalue weighted by atomic mass is 16.5. The number of benzene rings is 2. The summed E-state index contributed by atoms with van der Waals surface area (Å²) in [6.07, 6.45) is 3.92. The van der Waals surface area contributed by atoms with E-state index >= 15 is 0 Å². The molecule has 0 spiro atoms. The normalized spacial score (nSPS) is 18.7. The third-order valence-electron chi connectivity index (χ3n) is 5.53. The molecule has 0 saturated heterocycles. The number of anilines is 2. The summed E-state index contributed by atoms with van der Waals surface area (Å²) in [6.45, 7) is 4.67. The van der Waals surface area contributed by atoms with Gasteiger partial charge in [0, 0.05) is 23.2 Å². The Morgan fingerprint density at radius 3 is 1.66 bits per heavy atom. The zero-order valence-electron chi connectivity index (χ0n) is 17.2. The summed E-state index contributed by atoms with van der Waals surface area (Å²) in [4.78, 5) is 25.1. The van der Waals surface area contributed by atoms with Crippen LogP contribution in [0.15, 0.2) is 48.5 Å². The Morgan fingerprint density at radius 1 is 0.793 bits per heavy atom. The lowest BCUT2D eigenvalue weighted by molar-refractivity contribution is -0.125. The zero-order chi connectivity index (χ0) is 20.6. The van der Waals surface area contributed by atoms with Crippen LogP contribution < -0.4 is 15.4 Å². The van der Waals surface area contributed by atoms with Crippen molar-refractivity contribution < 1.29 is 14.3 Å². The van der Waals surface area contributed by atoms with Crippen LogP contribution in [0.4, 0.5) is 11.4 Å². The Balaban J connectivity index is 1.46. The monoisotopic (exact) mass is 394 g/mol. The first kappa shape index (κ1) is 20.9. The van der Waals surface area contributed by atoms with E-state index in [-0.39, 0.29) is 23.7 Å². The van der Waals surface area contributed by atoms with E-state index < -0.39 is 0 Å². The third kappa shape index (κ3) is 5.83. The number of hydrogen-bond donors (Lipinski definition) is 2. The first-order chi connectivity index (χ1) is 14.1. The molecule has 2 aromatic rings. The van der Waals surface area contributed by atoms with Gasteiger partial charge >= 0.3 is 0 Å². The summed E-state index contributed by atoms with van der Waals surface area (Å²) in [6, 6.07) is 15.4. The van der Waals surface area contributed by atoms with Crippen LogP contribution in [0.5, 0.6) is 5.75 Å². The zero-order valence-corrected chi connectivity index (χ0v) is 17.2. The van der Waals surface area contributed by atoms with Crippen LogP contribution in [0, 0.1) is 11.8 Å². The van der Waals surface area contributed by atoms with Gasteiger partial charge in [0.2, 0.25) is 11.8 Å². The van der Waals surface area contributed by atoms with Gasteiger partial charge < -0.3 is 15.4 Å². The minimum absolute atomic E-state index is 0.0307. The molecule has 2 amide bonds. The van der Waals surface area contributed by atoms with Crippen LogP contribution >= 0.6 is 0 Å². The number of carbonyl (C=O) groups excluding carboxylic acids is 2. The number of rotatable bonds is 7. The van der Waals surface area contributed by atoms with Crippen LogP contribution in [0.3, 0.4) is 0 Å². The summed E-state index contributed by atoms with van der Waals surface area (Å²) in [5, 5.41) is 5.99. The molecule has 0 aliphatic heterocycles. The minimum Gasteiger partial charge on any atom is -0.494 e. The van der Waals surface area contributed by atoms with E-state index in [1.54, 1.807) is 0 Å². The fourth-order valence-electron chi connectivity index (χ4n) is 3.73. The SMILES string of the molecule is CCOc1ccc(NC(=O)C2CCC(C(=O)Nc3ccc(CC)cc3)CC2)cc1. The number of nitrogens with one attached hydrogen (secondary N) is 2. The molecule has 5 heteroatoms. The predicted molar refractivity (Wildman–Crippen MR) is 116 cm³/mol. The number of amides is 2. The summed E-state index contributed by atoms with van der Waals surface area (Å²) < 4.78 is 5.42. The van der Waals surface area contributed by atoms with E-state index in [1.807, 2.05) is 55.5 Å². The molecular weight excluding hydrogens is 364 g/mol. The maximum absolute atomic E-state index is 12.6. The van der Waals surface area contributed by atoms with E-state index in [1.165, 1.54) is 5.56 Å². The molecule has 3 rings (SSSR count). The van der Waals surface area contributed by atoms with Gasteiger partial charge in [-0.15, -0.1) is 0 Å². The molecule has 154 valence electrons. The molecule has 0 radical (unpaired) electrons. The van der Waals surface area contributed by atoms with Gasteiger partial charge in [-0.2, -0.15) is 0 Å². The molecule has 1 aliphatic carbocycles. The van der Waals surface area contributed by atoms with Crippen molar-refractivity contribution in [3.05, 3.63) is 54.1 Å². The molecule has 0 bridgehead atoms. The van der Waals surface area contributed by atoms with Gasteiger partial charge in [-0.25, -0.2) is 0 Å². The third-order valence-corrected chi connectivity index (χ3v) is 5.53. The largest absolute Gasteiger partial charge is 0.494 e. The van der Waals surface area contributed by atoms with Crippen molar-refractivity contribution in [2.75, 3.05) is 17.2 Å². The molecule has 29 heavy (non-hydrogen) atoms. The predicted octanol–water partition coefficient (Wildman–Crippen LogP) is 5.03. The molecule has 0 atom stereocenters. The molecule has 0 aromatic heterocycles. The highest BCUT2D eigenvalue weighted by molar-refractivity contribution is 5.94. The van der Waals surface area contributed by atoms with Crippen molar-refractivity contribution in [1.82, 2.24) is 0 Å². The van der Waals surface area contributed by atoms with Gasteiger partial charge in [-0.1, -0.05) is 19.1 Å². The first-order valence-corrected chi connectivity index (χ1v) is 10.5. The molecule has 1 aliphatic rings. The van der Waals surface area contributed by atoms with Gasteiger partial charge in [-0.3, -0.25) is 9.59 Å². The Kier molecular flexibility index (Phi) is 7.28. The lowest BCUT2D eigenvalue weighted by Crippen LogP contribution is -2.32. The molecule has 5 nitrogen and oxygen atoms in total. The molecule has 0 heterocycles. The highest BCUT2D eigenvalue weighted by Gasteiger charge is 2.30. The lowest BCUT2D eigenvalue weighted by Gasteiger charge is -2.27. The second-order valence-electron chi connectivity index (χ2n) is 7.53. The van der Waals surface area contributed by atoms with E-state index in [9.17, 15) is 9.59 Å². The second-order valence-corrected chi connectivity index (χ2v) is 7.53. The standard InChI is InChI=1S/C24H30N2O3/c1-3-17-5-11-20(12-6-17)25-23(27)18-7-9-19(10-8-18)24(28)26-21-13-15-22(16-14-21)29-4-2/h5-6,11-16,18-19H,3-4,7-10H2,1-2H3,(H,25,27)(H,26,28). The number of ether oxygens (including phenoxy) is 1. The summed E-state index contributed by atoms with van der Waals surface area (Å²) >= 11 is 0. The van der Waals surface area contributed by atoms with E-state index in [2.05, 4.69) is 17.6 Å². The molecule has 1 saturated carbocycles. The summed E-state index contributed by atoms with van der Waals surface area (Å²) in [7, 11) is 0. The van der Waals surface area contributed by atoms with Crippen molar-refractivity contribution in [2.45, 2.75) is 46.0 Å². The van der Waals surface area contributed by atoms with Gasteiger partial charge in [-0.05, 0) is 81.0 Å². The average molecular weight is 395 g/mol. The van der Waals surface area contributed by atoms with Crippen LogP contribution in [-0.4, -0.2) is 18.4 Å². The number of carbonyl (C=O) groups is 2. The molecule has 2 aromatic carbocycles. The summed E-state index contributed by atoms with van der Waals surface area (Å²) in [5.41, 5.74) is 2.86. The van der Waals surface area contributed by atoms with E-state index in [0.29, 0.717) is 6.61 Å². The van der Waals surface area contributed by atoms with Gasteiger partial charge in [0.25, 0.3) is 0 Å². The fraction of sp³-hybridized carbons (Fsp3) is 0.417. The Labute approximate surface area is 172 Å². The average Bonchev–Trinajstić information content (AvgIpc) is 2.76.